The first-order valence-corrected chi connectivity index (χ1v) is 12.0. The van der Waals surface area contributed by atoms with Crippen LogP contribution in [0.1, 0.15) is 36.7 Å². The maximum atomic E-state index is 12.8. The van der Waals surface area contributed by atoms with E-state index in [2.05, 4.69) is 21.4 Å². The number of para-hydroxylation sites is 1. The van der Waals surface area contributed by atoms with Gasteiger partial charge in [0.15, 0.2) is 0 Å². The normalized spacial score (nSPS) is 11.3. The molecule has 0 aliphatic carbocycles. The van der Waals surface area contributed by atoms with Crippen molar-refractivity contribution in [1.29, 1.82) is 5.26 Å². The molecule has 182 valence electrons. The zero-order valence-corrected chi connectivity index (χ0v) is 20.8. The number of nitrogens with zero attached hydrogens (tertiary/aromatic N) is 4. The molecular formula is C30H25N5O2. The van der Waals surface area contributed by atoms with E-state index in [0.29, 0.717) is 22.4 Å². The van der Waals surface area contributed by atoms with Gasteiger partial charge in [-0.05, 0) is 62.7 Å². The highest BCUT2D eigenvalue weighted by atomic mass is 16.5. The van der Waals surface area contributed by atoms with Gasteiger partial charge < -0.3 is 10.1 Å². The summed E-state index contributed by atoms with van der Waals surface area (Å²) in [5.41, 5.74) is 5.48. The average molecular weight is 488 g/mol. The number of ether oxygens (including phenoxy) is 1. The van der Waals surface area contributed by atoms with Crippen LogP contribution in [0.2, 0.25) is 0 Å². The number of benzene rings is 2. The Labute approximate surface area is 214 Å². The summed E-state index contributed by atoms with van der Waals surface area (Å²) in [7, 11) is 0. The van der Waals surface area contributed by atoms with Gasteiger partial charge >= 0.3 is 5.97 Å². The zero-order valence-electron chi connectivity index (χ0n) is 20.8. The molecule has 0 saturated heterocycles. The largest absolute Gasteiger partial charge is 0.462 e. The van der Waals surface area contributed by atoms with Crippen LogP contribution in [0.4, 0.5) is 11.4 Å². The number of carbonyl (C=O) groups is 1. The monoisotopic (exact) mass is 487 g/mol. The molecule has 37 heavy (non-hydrogen) atoms. The summed E-state index contributed by atoms with van der Waals surface area (Å²) in [4.78, 5) is 26.8. The molecule has 0 radical (unpaired) electrons. The van der Waals surface area contributed by atoms with E-state index < -0.39 is 11.4 Å². The molecule has 0 amide bonds. The molecule has 0 aliphatic rings. The smallest absolute Gasteiger partial charge is 0.341 e. The van der Waals surface area contributed by atoms with Crippen molar-refractivity contribution in [3.8, 4) is 17.3 Å². The van der Waals surface area contributed by atoms with Crippen molar-refractivity contribution < 1.29 is 9.53 Å². The van der Waals surface area contributed by atoms with Gasteiger partial charge in [-0.15, -0.1) is 0 Å². The number of rotatable bonds is 6. The molecule has 2 aromatic carbocycles. The average Bonchev–Trinajstić information content (AvgIpc) is 2.93. The summed E-state index contributed by atoms with van der Waals surface area (Å²) < 4.78 is 5.30. The molecule has 7 nitrogen and oxygen atoms in total. The van der Waals surface area contributed by atoms with E-state index in [1.807, 2.05) is 80.6 Å². The predicted molar refractivity (Wildman–Crippen MR) is 145 cm³/mol. The minimum Gasteiger partial charge on any atom is -0.462 e. The van der Waals surface area contributed by atoms with Crippen LogP contribution in [-0.4, -0.2) is 27.5 Å². The van der Waals surface area contributed by atoms with Crippen molar-refractivity contribution in [3.05, 3.63) is 90.3 Å². The van der Waals surface area contributed by atoms with E-state index in [4.69, 9.17) is 9.72 Å². The number of hydrogen-bond donors (Lipinski definition) is 1. The van der Waals surface area contributed by atoms with Crippen LogP contribution >= 0.6 is 0 Å². The Morgan fingerprint density at radius 3 is 2.51 bits per heavy atom. The molecule has 3 heterocycles. The lowest BCUT2D eigenvalue weighted by molar-refractivity contribution is 0.0527. The fourth-order valence-electron chi connectivity index (χ4n) is 4.11. The van der Waals surface area contributed by atoms with Gasteiger partial charge in [-0.1, -0.05) is 30.3 Å². The number of pyridine rings is 3. The van der Waals surface area contributed by atoms with Crippen LogP contribution in [0, 0.1) is 11.3 Å². The minimum atomic E-state index is -0.609. The fraction of sp³-hybridized carbons (Fsp3) is 0.167. The topological polar surface area (TPSA) is 101 Å². The highest BCUT2D eigenvalue weighted by Crippen LogP contribution is 2.32. The number of nitrogens with one attached hydrogen (secondary N) is 1. The Balaban J connectivity index is 1.63. The maximum absolute atomic E-state index is 12.8. The van der Waals surface area contributed by atoms with Gasteiger partial charge in [0.2, 0.25) is 0 Å². The fourth-order valence-corrected chi connectivity index (χ4v) is 4.11. The van der Waals surface area contributed by atoms with E-state index in [1.54, 1.807) is 13.1 Å². The second-order valence-corrected chi connectivity index (χ2v) is 9.19. The first-order valence-electron chi connectivity index (χ1n) is 12.0. The summed E-state index contributed by atoms with van der Waals surface area (Å²) in [5, 5.41) is 13.8. The molecule has 5 aromatic rings. The third kappa shape index (κ3) is 4.69. The third-order valence-electron chi connectivity index (χ3n) is 6.25. The first-order chi connectivity index (χ1) is 17.9. The van der Waals surface area contributed by atoms with Gasteiger partial charge in [0.1, 0.15) is 11.1 Å². The molecule has 0 fully saturated rings. The van der Waals surface area contributed by atoms with Crippen molar-refractivity contribution in [1.82, 2.24) is 15.0 Å². The summed E-state index contributed by atoms with van der Waals surface area (Å²) >= 11 is 0. The molecule has 0 saturated carbocycles. The molecular weight excluding hydrogens is 462 g/mol. The quantitative estimate of drug-likeness (QED) is 0.270. The maximum Gasteiger partial charge on any atom is 0.341 e. The lowest BCUT2D eigenvalue weighted by Gasteiger charge is -2.17. The van der Waals surface area contributed by atoms with Crippen LogP contribution in [-0.2, 0) is 10.2 Å². The second-order valence-electron chi connectivity index (χ2n) is 9.19. The Bertz CT molecular complexity index is 1670. The van der Waals surface area contributed by atoms with Gasteiger partial charge in [-0.25, -0.2) is 9.78 Å². The van der Waals surface area contributed by atoms with E-state index >= 15 is 0 Å². The number of fused-ring (bicyclic) bond motifs is 2. The highest BCUT2D eigenvalue weighted by molar-refractivity contribution is 6.05. The van der Waals surface area contributed by atoms with Gasteiger partial charge in [-0.3, -0.25) is 9.97 Å². The Hall–Kier alpha value is -4.83. The van der Waals surface area contributed by atoms with Crippen LogP contribution in [0.5, 0.6) is 0 Å². The SMILES string of the molecule is CCOC(=O)c1cnc2ccc(-c3cnc4ccccc4c3)nc2c1Nc1ccc(C(C)(C)C#N)cc1. The molecule has 0 unspecified atom stereocenters. The van der Waals surface area contributed by atoms with E-state index in [1.165, 1.54) is 6.20 Å². The van der Waals surface area contributed by atoms with Gasteiger partial charge in [0, 0.05) is 29.0 Å². The molecule has 3 aromatic heterocycles. The van der Waals surface area contributed by atoms with Crippen LogP contribution in [0.15, 0.2) is 79.1 Å². The van der Waals surface area contributed by atoms with E-state index in [9.17, 15) is 10.1 Å². The summed E-state index contributed by atoms with van der Waals surface area (Å²) in [6.45, 7) is 5.75. The molecule has 0 spiro atoms. The second kappa shape index (κ2) is 9.67. The number of nitriles is 1. The summed E-state index contributed by atoms with van der Waals surface area (Å²) in [6.07, 6.45) is 3.30. The van der Waals surface area contributed by atoms with Crippen molar-refractivity contribution in [2.24, 2.45) is 0 Å². The Morgan fingerprint density at radius 2 is 1.76 bits per heavy atom. The van der Waals surface area contributed by atoms with Crippen molar-refractivity contribution in [2.75, 3.05) is 11.9 Å². The molecule has 0 aliphatic heterocycles. The molecule has 1 N–H and O–H groups in total. The van der Waals surface area contributed by atoms with Crippen LogP contribution in [0.25, 0.3) is 33.2 Å². The summed E-state index contributed by atoms with van der Waals surface area (Å²) in [5.74, 6) is -0.485. The number of esters is 1. The van der Waals surface area contributed by atoms with Gasteiger partial charge in [0.05, 0.1) is 40.5 Å². The van der Waals surface area contributed by atoms with Crippen molar-refractivity contribution >= 4 is 39.3 Å². The molecule has 5 rings (SSSR count). The number of hydrogen-bond acceptors (Lipinski definition) is 7. The van der Waals surface area contributed by atoms with Crippen molar-refractivity contribution in [2.45, 2.75) is 26.2 Å². The Kier molecular flexibility index (Phi) is 6.24. The van der Waals surface area contributed by atoms with Crippen LogP contribution in [0.3, 0.4) is 0 Å². The van der Waals surface area contributed by atoms with Crippen LogP contribution < -0.4 is 5.32 Å². The molecule has 7 heteroatoms. The number of aromatic nitrogens is 3. The van der Waals surface area contributed by atoms with Gasteiger partial charge in [0.25, 0.3) is 0 Å². The molecule has 0 bridgehead atoms. The van der Waals surface area contributed by atoms with Crippen molar-refractivity contribution in [3.63, 3.8) is 0 Å². The zero-order chi connectivity index (χ0) is 26.0. The predicted octanol–water partition coefficient (Wildman–Crippen LogP) is 6.57. The lowest BCUT2D eigenvalue weighted by Crippen LogP contribution is -2.13. The number of anilines is 2. The minimum absolute atomic E-state index is 0.241. The van der Waals surface area contributed by atoms with Gasteiger partial charge in [-0.2, -0.15) is 5.26 Å². The Morgan fingerprint density at radius 1 is 1.00 bits per heavy atom. The first kappa shape index (κ1) is 23.9. The standard InChI is InChI=1S/C30H25N5O2/c1-4-37-29(36)23-17-33-26-14-13-25(20-15-19-7-5-6-8-24(19)32-16-20)35-28(26)27(23)34-22-11-9-21(10-12-22)30(2,3)18-31/h5-17H,4H2,1-3H3,(H,33,34). The molecule has 0 atom stereocenters. The highest BCUT2D eigenvalue weighted by Gasteiger charge is 2.21. The third-order valence-corrected chi connectivity index (χ3v) is 6.25. The number of carbonyl (C=O) groups excluding carboxylic acids is 1. The lowest BCUT2D eigenvalue weighted by atomic mass is 9.86. The van der Waals surface area contributed by atoms with E-state index in [-0.39, 0.29) is 12.2 Å². The summed E-state index contributed by atoms with van der Waals surface area (Å²) in [6, 6.07) is 23.6. The van der Waals surface area contributed by atoms with E-state index in [0.717, 1.165) is 27.7 Å².